The van der Waals surface area contributed by atoms with Gasteiger partial charge >= 0.3 is 27.6 Å². The highest BCUT2D eigenvalue weighted by molar-refractivity contribution is 7.47. The molecule has 0 aliphatic rings. The van der Waals surface area contributed by atoms with Crippen molar-refractivity contribution in [2.45, 2.75) is 85.1 Å². The van der Waals surface area contributed by atoms with Gasteiger partial charge in [0.2, 0.25) is 23.6 Å². The normalized spacial score (nSPS) is 15.7. The topological polar surface area (TPSA) is 299 Å². The Morgan fingerprint density at radius 1 is 0.566 bits per heavy atom. The minimum absolute atomic E-state index is 0.0809. The molecule has 308 valence electrons. The van der Waals surface area contributed by atoms with Gasteiger partial charge in [-0.05, 0) is 13.8 Å². The zero-order valence-electron chi connectivity index (χ0n) is 30.8. The van der Waals surface area contributed by atoms with Gasteiger partial charge in [-0.2, -0.15) is 0 Å². The molecule has 0 bridgehead atoms. The Bertz CT molecular complexity index is 1170. The number of amides is 4. The second-order valence-corrected chi connectivity index (χ2v) is 14.3. The van der Waals surface area contributed by atoms with Crippen molar-refractivity contribution in [2.75, 3.05) is 65.9 Å². The molecule has 53 heavy (non-hydrogen) atoms. The number of esters is 2. The maximum Gasteiger partial charge on any atom is 0.472 e. The Morgan fingerprint density at radius 2 is 0.925 bits per heavy atom. The van der Waals surface area contributed by atoms with Gasteiger partial charge in [0.1, 0.15) is 18.6 Å². The van der Waals surface area contributed by atoms with Gasteiger partial charge in [0.15, 0.2) is 0 Å². The van der Waals surface area contributed by atoms with E-state index >= 15 is 0 Å². The third-order valence-electron chi connectivity index (χ3n) is 6.08. The first-order valence-corrected chi connectivity index (χ1v) is 19.5. The number of hydrogen-bond donors (Lipinski definition) is 6. The monoisotopic (exact) mass is 808 g/mol. The molecule has 0 spiro atoms. The van der Waals surface area contributed by atoms with Crippen LogP contribution in [-0.4, -0.2) is 136 Å². The molecule has 0 rings (SSSR count). The zero-order chi connectivity index (χ0) is 40.5. The fourth-order valence-corrected chi connectivity index (χ4v) is 5.42. The van der Waals surface area contributed by atoms with Crippen LogP contribution in [-0.2, 0) is 74.9 Å². The molecule has 0 aromatic rings. The molecule has 4 amide bonds. The molecule has 0 aliphatic carbocycles. The van der Waals surface area contributed by atoms with E-state index in [1.807, 2.05) is 0 Å². The van der Waals surface area contributed by atoms with E-state index in [-0.39, 0.29) is 39.5 Å². The standard InChI is InChI=1S/C29H54N4O18P2/c1-20(50-24(5)36)7-11-44-16-26(32-22(3)34)18-48-52(40,41)46-13-9-30-28(38)15-29(39)31-10-14-47-53(42,43)49-19-27(33-23(4)35)17-45-12-8-21(2)51-25(6)37/h20-21,26-27H,7-19H2,1-6H3,(H,30,38)(H,31,39)(H,32,34)(H,33,35)(H,40,41)(H,42,43)/t20-,21-,26-,27+/m1/s1. The number of nitrogens with one attached hydrogen (secondary N) is 4. The van der Waals surface area contributed by atoms with Crippen molar-refractivity contribution in [1.29, 1.82) is 0 Å². The minimum atomic E-state index is -4.61. The number of ether oxygens (including phenoxy) is 4. The summed E-state index contributed by atoms with van der Waals surface area (Å²) < 4.78 is 64.7. The molecular formula is C29H54N4O18P2. The predicted molar refractivity (Wildman–Crippen MR) is 183 cm³/mol. The average molecular weight is 809 g/mol. The Morgan fingerprint density at radius 3 is 1.25 bits per heavy atom. The van der Waals surface area contributed by atoms with Crippen molar-refractivity contribution in [3.05, 3.63) is 0 Å². The maximum absolute atomic E-state index is 12.2. The molecule has 0 heterocycles. The SMILES string of the molecule is CC(=O)N[C@H](COCC[C@@H](C)OC(C)=O)COP(=O)(O)OCCNC(=O)CC(=O)NCCOP(=O)(O)OC[C@H](COCC[C@@H](C)OC(C)=O)NC(C)=O. The fourth-order valence-electron chi connectivity index (χ4n) is 3.89. The van der Waals surface area contributed by atoms with Crippen LogP contribution >= 0.6 is 15.6 Å². The molecule has 24 heteroatoms. The summed E-state index contributed by atoms with van der Waals surface area (Å²) >= 11 is 0. The highest BCUT2D eigenvalue weighted by Gasteiger charge is 2.25. The summed E-state index contributed by atoms with van der Waals surface area (Å²) in [6.45, 7) is 6.18. The van der Waals surface area contributed by atoms with Gasteiger partial charge in [-0.3, -0.25) is 46.9 Å². The average Bonchev–Trinajstić information content (AvgIpc) is 3.02. The van der Waals surface area contributed by atoms with Gasteiger partial charge < -0.3 is 50.0 Å². The molecular weight excluding hydrogens is 754 g/mol. The largest absolute Gasteiger partial charge is 0.472 e. The van der Waals surface area contributed by atoms with Crippen LogP contribution in [0.25, 0.3) is 0 Å². The van der Waals surface area contributed by atoms with Gasteiger partial charge in [-0.1, -0.05) is 0 Å². The molecule has 2 unspecified atom stereocenters. The second kappa shape index (κ2) is 27.5. The third-order valence-corrected chi connectivity index (χ3v) is 8.05. The second-order valence-electron chi connectivity index (χ2n) is 11.4. The van der Waals surface area contributed by atoms with E-state index in [4.69, 9.17) is 37.0 Å². The van der Waals surface area contributed by atoms with Crippen LogP contribution < -0.4 is 21.3 Å². The first-order valence-electron chi connectivity index (χ1n) is 16.5. The molecule has 0 aromatic heterocycles. The summed E-state index contributed by atoms with van der Waals surface area (Å²) in [5.74, 6) is -3.30. The van der Waals surface area contributed by atoms with Gasteiger partial charge in [-0.15, -0.1) is 0 Å². The van der Waals surface area contributed by atoms with Crippen LogP contribution in [0.4, 0.5) is 0 Å². The van der Waals surface area contributed by atoms with E-state index in [0.717, 1.165) is 0 Å². The predicted octanol–water partition coefficient (Wildman–Crippen LogP) is -0.398. The van der Waals surface area contributed by atoms with Crippen LogP contribution in [0.2, 0.25) is 0 Å². The zero-order valence-corrected chi connectivity index (χ0v) is 32.6. The van der Waals surface area contributed by atoms with Gasteiger partial charge in [0.25, 0.3) is 0 Å². The lowest BCUT2D eigenvalue weighted by Crippen LogP contribution is -2.40. The van der Waals surface area contributed by atoms with Crippen molar-refractivity contribution in [3.63, 3.8) is 0 Å². The highest BCUT2D eigenvalue weighted by Crippen LogP contribution is 2.43. The number of carbonyl (C=O) groups excluding carboxylic acids is 6. The lowest BCUT2D eigenvalue weighted by Gasteiger charge is -2.20. The van der Waals surface area contributed by atoms with Crippen molar-refractivity contribution in [1.82, 2.24) is 21.3 Å². The smallest absolute Gasteiger partial charge is 0.463 e. The Hall–Kier alpha value is -3.04. The summed E-state index contributed by atoms with van der Waals surface area (Å²) in [5, 5.41) is 9.61. The van der Waals surface area contributed by atoms with Crippen LogP contribution in [0, 0.1) is 0 Å². The highest BCUT2D eigenvalue weighted by atomic mass is 31.2. The van der Waals surface area contributed by atoms with E-state index in [1.54, 1.807) is 13.8 Å². The molecule has 0 aromatic carbocycles. The van der Waals surface area contributed by atoms with Crippen molar-refractivity contribution in [3.8, 4) is 0 Å². The molecule has 0 fully saturated rings. The van der Waals surface area contributed by atoms with Gasteiger partial charge in [0.05, 0.1) is 64.9 Å². The number of phosphoric acid groups is 2. The molecule has 0 saturated carbocycles. The summed E-state index contributed by atoms with van der Waals surface area (Å²) in [6, 6.07) is -1.62. The summed E-state index contributed by atoms with van der Waals surface area (Å²) in [6.07, 6.45) is -0.681. The van der Waals surface area contributed by atoms with E-state index in [1.165, 1.54) is 27.7 Å². The lowest BCUT2D eigenvalue weighted by molar-refractivity contribution is -0.147. The van der Waals surface area contributed by atoms with E-state index in [0.29, 0.717) is 12.8 Å². The number of carbonyl (C=O) groups is 6. The van der Waals surface area contributed by atoms with Crippen molar-refractivity contribution < 1.29 is 84.7 Å². The lowest BCUT2D eigenvalue weighted by atomic mass is 10.3. The molecule has 0 radical (unpaired) electrons. The summed E-state index contributed by atoms with van der Waals surface area (Å²) in [7, 11) is -9.22. The summed E-state index contributed by atoms with van der Waals surface area (Å²) in [4.78, 5) is 88.8. The maximum atomic E-state index is 12.2. The van der Waals surface area contributed by atoms with Gasteiger partial charge in [-0.25, -0.2) is 9.13 Å². The Labute approximate surface area is 308 Å². The number of phosphoric ester groups is 2. The van der Waals surface area contributed by atoms with Crippen LogP contribution in [0.15, 0.2) is 0 Å². The van der Waals surface area contributed by atoms with Crippen LogP contribution in [0.5, 0.6) is 0 Å². The molecule has 22 nitrogen and oxygen atoms in total. The van der Waals surface area contributed by atoms with Gasteiger partial charge in [0, 0.05) is 53.6 Å². The van der Waals surface area contributed by atoms with E-state index in [2.05, 4.69) is 21.3 Å². The fraction of sp³-hybridized carbons (Fsp3) is 0.793. The molecule has 6 atom stereocenters. The summed E-state index contributed by atoms with van der Waals surface area (Å²) in [5.41, 5.74) is 0. The Kier molecular flexibility index (Phi) is 25.9. The van der Waals surface area contributed by atoms with Crippen LogP contribution in [0.3, 0.4) is 0 Å². The quantitative estimate of drug-likeness (QED) is 0.0233. The Balaban J connectivity index is 4.37. The first-order chi connectivity index (χ1) is 24.7. The van der Waals surface area contributed by atoms with Crippen LogP contribution in [0.1, 0.15) is 60.8 Å². The molecule has 0 aliphatic heterocycles. The number of hydrogen-bond acceptors (Lipinski definition) is 16. The molecule has 6 N–H and O–H groups in total. The molecule has 0 saturated heterocycles. The van der Waals surface area contributed by atoms with E-state index in [9.17, 15) is 47.7 Å². The first kappa shape index (κ1) is 50.0. The minimum Gasteiger partial charge on any atom is -0.463 e. The van der Waals surface area contributed by atoms with Crippen molar-refractivity contribution in [2.24, 2.45) is 0 Å². The number of rotatable bonds is 30. The third kappa shape index (κ3) is 31.1. The van der Waals surface area contributed by atoms with E-state index < -0.39 is 108 Å². The van der Waals surface area contributed by atoms with Crippen molar-refractivity contribution >= 4 is 51.2 Å².